The lowest BCUT2D eigenvalue weighted by Crippen LogP contribution is -2.51. The average molecular weight is 476 g/mol. The molecular weight excluding hydrogens is 442 g/mol. The molecule has 0 spiro atoms. The van der Waals surface area contributed by atoms with Gasteiger partial charge in [-0.1, -0.05) is 42.8 Å². The second-order valence-corrected chi connectivity index (χ2v) is 9.90. The first-order valence-corrected chi connectivity index (χ1v) is 12.6. The number of ether oxygens (including phenoxy) is 1. The maximum atomic E-state index is 13.5. The molecule has 2 aromatic carbocycles. The van der Waals surface area contributed by atoms with Gasteiger partial charge in [-0.3, -0.25) is 13.9 Å². The number of anilines is 1. The lowest BCUT2D eigenvalue weighted by atomic mass is 10.1. The molecule has 8 nitrogen and oxygen atoms in total. The zero-order chi connectivity index (χ0) is 24.8. The van der Waals surface area contributed by atoms with E-state index in [-0.39, 0.29) is 18.1 Å². The van der Waals surface area contributed by atoms with Crippen LogP contribution >= 0.6 is 0 Å². The normalized spacial score (nSPS) is 12.1. The van der Waals surface area contributed by atoms with Gasteiger partial charge >= 0.3 is 0 Å². The molecule has 180 valence electrons. The van der Waals surface area contributed by atoms with E-state index in [1.54, 1.807) is 18.2 Å². The molecule has 33 heavy (non-hydrogen) atoms. The van der Waals surface area contributed by atoms with Crippen molar-refractivity contribution in [2.45, 2.75) is 39.8 Å². The number of sulfonamides is 1. The van der Waals surface area contributed by atoms with E-state index in [4.69, 9.17) is 4.74 Å². The van der Waals surface area contributed by atoms with Gasteiger partial charge in [-0.2, -0.15) is 0 Å². The quantitative estimate of drug-likeness (QED) is 0.570. The Labute approximate surface area is 196 Å². The summed E-state index contributed by atoms with van der Waals surface area (Å²) in [4.78, 5) is 27.6. The minimum absolute atomic E-state index is 0.174. The van der Waals surface area contributed by atoms with Crippen LogP contribution in [0.1, 0.15) is 30.0 Å². The van der Waals surface area contributed by atoms with Gasteiger partial charge in [0, 0.05) is 13.6 Å². The molecule has 0 heterocycles. The van der Waals surface area contributed by atoms with Crippen LogP contribution in [0.4, 0.5) is 5.69 Å². The molecule has 0 aliphatic carbocycles. The highest BCUT2D eigenvalue weighted by molar-refractivity contribution is 7.92. The second kappa shape index (κ2) is 11.2. The molecule has 2 aromatic rings. The Bertz CT molecular complexity index is 1080. The number of likely N-dealkylation sites (N-methyl/N-ethyl adjacent to an activating group) is 1. The van der Waals surface area contributed by atoms with Gasteiger partial charge in [0.1, 0.15) is 18.3 Å². The maximum absolute atomic E-state index is 13.5. The van der Waals surface area contributed by atoms with Gasteiger partial charge < -0.3 is 15.0 Å². The molecule has 0 aliphatic heterocycles. The first-order chi connectivity index (χ1) is 15.5. The molecule has 9 heteroatoms. The minimum Gasteiger partial charge on any atom is -0.495 e. The number of carbonyl (C=O) groups excluding carboxylic acids is 2. The number of aryl methyl sites for hydroxylation is 2. The summed E-state index contributed by atoms with van der Waals surface area (Å²) in [6.45, 7) is 5.32. The van der Waals surface area contributed by atoms with Gasteiger partial charge in [0.05, 0.1) is 19.1 Å². The smallest absolute Gasteiger partial charge is 0.244 e. The highest BCUT2D eigenvalue weighted by Crippen LogP contribution is 2.31. The van der Waals surface area contributed by atoms with Crippen LogP contribution in [-0.4, -0.2) is 58.1 Å². The molecular formula is C24H33N3O5S. The summed E-state index contributed by atoms with van der Waals surface area (Å²) >= 11 is 0. The Hall–Kier alpha value is -3.07. The number of hydrogen-bond acceptors (Lipinski definition) is 5. The molecule has 0 fully saturated rings. The largest absolute Gasteiger partial charge is 0.495 e. The van der Waals surface area contributed by atoms with Crippen molar-refractivity contribution in [3.63, 3.8) is 0 Å². The number of methoxy groups -OCH3 is 1. The van der Waals surface area contributed by atoms with Crippen LogP contribution < -0.4 is 14.4 Å². The fraction of sp³-hybridized carbons (Fsp3) is 0.417. The lowest BCUT2D eigenvalue weighted by molar-refractivity contribution is -0.140. The lowest BCUT2D eigenvalue weighted by Gasteiger charge is -2.33. The number of carbonyl (C=O) groups is 2. The van der Waals surface area contributed by atoms with E-state index in [1.165, 1.54) is 19.1 Å². The van der Waals surface area contributed by atoms with Crippen LogP contribution in [0, 0.1) is 13.8 Å². The van der Waals surface area contributed by atoms with Gasteiger partial charge in [0.25, 0.3) is 0 Å². The van der Waals surface area contributed by atoms with Crippen molar-refractivity contribution in [3.05, 3.63) is 59.2 Å². The van der Waals surface area contributed by atoms with E-state index in [1.807, 2.05) is 45.0 Å². The summed E-state index contributed by atoms with van der Waals surface area (Å²) in [5, 5.41) is 2.60. The molecule has 0 radical (unpaired) electrons. The van der Waals surface area contributed by atoms with Crippen molar-refractivity contribution in [1.82, 2.24) is 10.2 Å². The summed E-state index contributed by atoms with van der Waals surface area (Å²) in [6, 6.07) is 12.0. The topological polar surface area (TPSA) is 96.0 Å². The summed E-state index contributed by atoms with van der Waals surface area (Å²) in [5.74, 6) is -0.459. The summed E-state index contributed by atoms with van der Waals surface area (Å²) in [5.41, 5.74) is 3.01. The average Bonchev–Trinajstić information content (AvgIpc) is 2.77. The Morgan fingerprint density at radius 2 is 1.67 bits per heavy atom. The van der Waals surface area contributed by atoms with Crippen molar-refractivity contribution in [2.75, 3.05) is 31.3 Å². The molecule has 1 unspecified atom stereocenters. The fourth-order valence-corrected chi connectivity index (χ4v) is 4.41. The fourth-order valence-electron chi connectivity index (χ4n) is 3.57. The third-order valence-corrected chi connectivity index (χ3v) is 6.51. The van der Waals surface area contributed by atoms with Gasteiger partial charge in [-0.25, -0.2) is 8.42 Å². The van der Waals surface area contributed by atoms with Crippen LogP contribution in [-0.2, 0) is 26.2 Å². The van der Waals surface area contributed by atoms with E-state index >= 15 is 0 Å². The zero-order valence-corrected chi connectivity index (χ0v) is 20.9. The van der Waals surface area contributed by atoms with Crippen molar-refractivity contribution < 1.29 is 22.7 Å². The second-order valence-electron chi connectivity index (χ2n) is 7.99. The predicted molar refractivity (Wildman–Crippen MR) is 130 cm³/mol. The standard InChI is InChI=1S/C24H33N3O5S/c1-7-20(24(29)25-4)26(15-19-11-8-17(2)9-12-19)23(28)16-27(33(6,30)31)21-14-18(3)10-13-22(21)32-5/h8-14,20H,7,15-16H2,1-6H3,(H,25,29). The summed E-state index contributed by atoms with van der Waals surface area (Å²) < 4.78 is 31.8. The molecule has 1 atom stereocenters. The van der Waals surface area contributed by atoms with E-state index in [0.29, 0.717) is 12.2 Å². The van der Waals surface area contributed by atoms with Crippen molar-refractivity contribution >= 4 is 27.5 Å². The summed E-state index contributed by atoms with van der Waals surface area (Å²) in [7, 11) is -0.870. The first-order valence-electron chi connectivity index (χ1n) is 10.7. The van der Waals surface area contributed by atoms with E-state index in [0.717, 1.165) is 27.3 Å². The Kier molecular flexibility index (Phi) is 8.87. The van der Waals surface area contributed by atoms with E-state index < -0.39 is 28.5 Å². The third-order valence-electron chi connectivity index (χ3n) is 5.39. The third kappa shape index (κ3) is 6.71. The number of nitrogens with one attached hydrogen (secondary N) is 1. The van der Waals surface area contributed by atoms with Gasteiger partial charge in [0.15, 0.2) is 0 Å². The SMILES string of the molecule is CCC(C(=O)NC)N(Cc1ccc(C)cc1)C(=O)CN(c1cc(C)ccc1OC)S(C)(=O)=O. The van der Waals surface area contributed by atoms with Gasteiger partial charge in [-0.05, 0) is 43.5 Å². The van der Waals surface area contributed by atoms with Crippen LogP contribution in [0.2, 0.25) is 0 Å². The predicted octanol–water partition coefficient (Wildman–Crippen LogP) is 2.63. The monoisotopic (exact) mass is 475 g/mol. The molecule has 0 bridgehead atoms. The molecule has 0 saturated carbocycles. The summed E-state index contributed by atoms with van der Waals surface area (Å²) in [6.07, 6.45) is 1.42. The van der Waals surface area contributed by atoms with Crippen LogP contribution in [0.25, 0.3) is 0 Å². The highest BCUT2D eigenvalue weighted by Gasteiger charge is 2.32. The van der Waals surface area contributed by atoms with Crippen LogP contribution in [0.15, 0.2) is 42.5 Å². The van der Waals surface area contributed by atoms with Crippen molar-refractivity contribution in [1.29, 1.82) is 0 Å². The minimum atomic E-state index is -3.83. The molecule has 0 saturated heterocycles. The molecule has 1 N–H and O–H groups in total. The zero-order valence-electron chi connectivity index (χ0n) is 20.1. The number of hydrogen-bond donors (Lipinski definition) is 1. The van der Waals surface area contributed by atoms with Crippen molar-refractivity contribution in [2.24, 2.45) is 0 Å². The van der Waals surface area contributed by atoms with E-state index in [9.17, 15) is 18.0 Å². The molecule has 2 amide bonds. The van der Waals surface area contributed by atoms with Crippen LogP contribution in [0.5, 0.6) is 5.75 Å². The highest BCUT2D eigenvalue weighted by atomic mass is 32.2. The van der Waals surface area contributed by atoms with E-state index in [2.05, 4.69) is 5.32 Å². The van der Waals surface area contributed by atoms with Crippen molar-refractivity contribution in [3.8, 4) is 5.75 Å². The van der Waals surface area contributed by atoms with Crippen LogP contribution in [0.3, 0.4) is 0 Å². The molecule has 0 aromatic heterocycles. The first kappa shape index (κ1) is 26.2. The molecule has 0 aliphatic rings. The Morgan fingerprint density at radius 3 is 2.18 bits per heavy atom. The number of amides is 2. The number of rotatable bonds is 10. The maximum Gasteiger partial charge on any atom is 0.244 e. The number of nitrogens with zero attached hydrogens (tertiary/aromatic N) is 2. The van der Waals surface area contributed by atoms with Gasteiger partial charge in [0.2, 0.25) is 21.8 Å². The Balaban J connectivity index is 2.49. The molecule has 2 rings (SSSR count). The Morgan fingerprint density at radius 1 is 1.06 bits per heavy atom. The number of benzene rings is 2. The van der Waals surface area contributed by atoms with Gasteiger partial charge in [-0.15, -0.1) is 0 Å².